The van der Waals surface area contributed by atoms with Crippen molar-refractivity contribution in [2.24, 2.45) is 0 Å². The Balaban J connectivity index is 1.38. The Morgan fingerprint density at radius 2 is 1.70 bits per heavy atom. The minimum atomic E-state index is -0.472. The van der Waals surface area contributed by atoms with E-state index in [9.17, 15) is 4.79 Å². The molecule has 0 bridgehead atoms. The summed E-state index contributed by atoms with van der Waals surface area (Å²) in [6.45, 7) is 0.444. The third-order valence-electron chi connectivity index (χ3n) is 4.40. The third-order valence-corrected chi connectivity index (χ3v) is 5.94. The van der Waals surface area contributed by atoms with Gasteiger partial charge in [0.2, 0.25) is 0 Å². The van der Waals surface area contributed by atoms with Crippen molar-refractivity contribution < 1.29 is 9.53 Å². The zero-order valence-electron chi connectivity index (χ0n) is 16.6. The lowest BCUT2D eigenvalue weighted by Crippen LogP contribution is -2.15. The van der Waals surface area contributed by atoms with Crippen LogP contribution >= 0.6 is 58.0 Å². The van der Waals surface area contributed by atoms with E-state index < -0.39 is 5.91 Å². The van der Waals surface area contributed by atoms with Crippen LogP contribution in [0.5, 0.6) is 5.75 Å². The normalized spacial score (nSPS) is 10.9. The summed E-state index contributed by atoms with van der Waals surface area (Å²) in [4.78, 5) is 12.6. The highest BCUT2D eigenvalue weighted by atomic mass is 35.5. The standard InChI is InChI=1S/C21H14Cl5N5O2/c22-13-2-4-19(16(25)8-13)33-11-30-6-5-18(28-30)21(32)27-20-17(26)10-31(29-20)9-12-1-3-14(23)15(24)7-12/h1-8,10H,9,11H2,(H,27,29,32). The van der Waals surface area contributed by atoms with Crippen LogP contribution < -0.4 is 10.1 Å². The monoisotopic (exact) mass is 543 g/mol. The van der Waals surface area contributed by atoms with Gasteiger partial charge in [-0.1, -0.05) is 64.1 Å². The third kappa shape index (κ3) is 5.93. The SMILES string of the molecule is O=C(Nc1nn(Cc2ccc(Cl)c(Cl)c2)cc1Cl)c1ccn(COc2ccc(Cl)cc2Cl)n1. The van der Waals surface area contributed by atoms with Gasteiger partial charge in [-0.05, 0) is 42.0 Å². The fourth-order valence-electron chi connectivity index (χ4n) is 2.84. The Morgan fingerprint density at radius 3 is 2.45 bits per heavy atom. The molecule has 4 rings (SSSR count). The van der Waals surface area contributed by atoms with Gasteiger partial charge in [0.1, 0.15) is 10.8 Å². The van der Waals surface area contributed by atoms with Crippen molar-refractivity contribution in [1.29, 1.82) is 0 Å². The Bertz CT molecular complexity index is 1320. The highest BCUT2D eigenvalue weighted by Crippen LogP contribution is 2.28. The van der Waals surface area contributed by atoms with E-state index in [0.29, 0.717) is 32.4 Å². The number of aromatic nitrogens is 4. The molecule has 0 aliphatic carbocycles. The Hall–Kier alpha value is -2.42. The molecule has 1 amide bonds. The molecule has 0 saturated heterocycles. The quantitative estimate of drug-likeness (QED) is 0.281. The van der Waals surface area contributed by atoms with Gasteiger partial charge in [0.05, 0.1) is 21.6 Å². The molecule has 0 fully saturated rings. The zero-order valence-corrected chi connectivity index (χ0v) is 20.4. The summed E-state index contributed by atoms with van der Waals surface area (Å²) < 4.78 is 8.64. The molecule has 1 N–H and O–H groups in total. The van der Waals surface area contributed by atoms with Gasteiger partial charge < -0.3 is 10.1 Å². The van der Waals surface area contributed by atoms with Crippen LogP contribution in [0.15, 0.2) is 54.9 Å². The molecule has 4 aromatic rings. The minimum absolute atomic E-state index is 0.0493. The summed E-state index contributed by atoms with van der Waals surface area (Å²) in [7, 11) is 0. The number of ether oxygens (including phenoxy) is 1. The Labute approximate surface area is 213 Å². The van der Waals surface area contributed by atoms with Crippen molar-refractivity contribution in [3.63, 3.8) is 0 Å². The molecule has 0 aliphatic rings. The summed E-state index contributed by atoms with van der Waals surface area (Å²) in [5, 5.41) is 13.2. The average molecular weight is 546 g/mol. The van der Waals surface area contributed by atoms with E-state index >= 15 is 0 Å². The zero-order chi connectivity index (χ0) is 23.5. The van der Waals surface area contributed by atoms with Crippen LogP contribution in [0.3, 0.4) is 0 Å². The number of hydrogen-bond donors (Lipinski definition) is 1. The fourth-order valence-corrected chi connectivity index (χ4v) is 3.82. The van der Waals surface area contributed by atoms with Gasteiger partial charge in [-0.3, -0.25) is 9.48 Å². The number of anilines is 1. The van der Waals surface area contributed by atoms with E-state index in [-0.39, 0.29) is 23.3 Å². The Morgan fingerprint density at radius 1 is 0.879 bits per heavy atom. The first kappa shape index (κ1) is 23.7. The molecule has 7 nitrogen and oxygen atoms in total. The topological polar surface area (TPSA) is 74.0 Å². The number of amides is 1. The number of benzene rings is 2. The maximum Gasteiger partial charge on any atom is 0.277 e. The lowest BCUT2D eigenvalue weighted by molar-refractivity contribution is 0.101. The van der Waals surface area contributed by atoms with Crippen molar-refractivity contribution in [2.45, 2.75) is 13.3 Å². The number of carbonyl (C=O) groups is 1. The van der Waals surface area contributed by atoms with Crippen molar-refractivity contribution >= 4 is 69.7 Å². The van der Waals surface area contributed by atoms with Crippen LogP contribution in [0, 0.1) is 0 Å². The molecule has 170 valence electrons. The van der Waals surface area contributed by atoms with Crippen LogP contribution in [-0.2, 0) is 13.3 Å². The number of carbonyl (C=O) groups excluding carboxylic acids is 1. The van der Waals surface area contributed by atoms with Gasteiger partial charge in [0.25, 0.3) is 5.91 Å². The number of rotatable bonds is 7. The first-order chi connectivity index (χ1) is 15.8. The van der Waals surface area contributed by atoms with Crippen LogP contribution in [0.2, 0.25) is 25.1 Å². The highest BCUT2D eigenvalue weighted by Gasteiger charge is 2.15. The van der Waals surface area contributed by atoms with E-state index in [2.05, 4.69) is 15.5 Å². The van der Waals surface area contributed by atoms with E-state index in [1.807, 2.05) is 6.07 Å². The maximum absolute atomic E-state index is 12.6. The highest BCUT2D eigenvalue weighted by molar-refractivity contribution is 6.42. The number of nitrogens with zero attached hydrogens (tertiary/aromatic N) is 4. The second kappa shape index (κ2) is 10.2. The average Bonchev–Trinajstić information content (AvgIpc) is 3.37. The summed E-state index contributed by atoms with van der Waals surface area (Å²) in [6, 6.07) is 11.7. The van der Waals surface area contributed by atoms with Crippen molar-refractivity contribution in [3.8, 4) is 5.75 Å². The molecule has 2 aromatic carbocycles. The van der Waals surface area contributed by atoms with Gasteiger partial charge >= 0.3 is 0 Å². The number of nitrogens with one attached hydrogen (secondary N) is 1. The van der Waals surface area contributed by atoms with Crippen molar-refractivity contribution in [1.82, 2.24) is 19.6 Å². The van der Waals surface area contributed by atoms with Crippen molar-refractivity contribution in [2.75, 3.05) is 5.32 Å². The molecule has 0 atom stereocenters. The summed E-state index contributed by atoms with van der Waals surface area (Å²) in [6.07, 6.45) is 3.20. The molecule has 0 spiro atoms. The minimum Gasteiger partial charge on any atom is -0.470 e. The van der Waals surface area contributed by atoms with E-state index in [0.717, 1.165) is 5.56 Å². The summed E-state index contributed by atoms with van der Waals surface area (Å²) >= 11 is 30.2. The molecular formula is C21H14Cl5N5O2. The van der Waals surface area contributed by atoms with E-state index in [1.54, 1.807) is 53.5 Å². The van der Waals surface area contributed by atoms with E-state index in [4.69, 9.17) is 62.7 Å². The van der Waals surface area contributed by atoms with E-state index in [1.165, 1.54) is 4.68 Å². The number of halogens is 5. The molecule has 2 aromatic heterocycles. The first-order valence-corrected chi connectivity index (χ1v) is 11.3. The molecule has 0 saturated carbocycles. The van der Waals surface area contributed by atoms with Crippen LogP contribution in [-0.4, -0.2) is 25.5 Å². The second-order valence-corrected chi connectivity index (χ2v) is 8.88. The summed E-state index contributed by atoms with van der Waals surface area (Å²) in [5.74, 6) is 0.183. The van der Waals surface area contributed by atoms with Crippen LogP contribution in [0.4, 0.5) is 5.82 Å². The van der Waals surface area contributed by atoms with Crippen LogP contribution in [0.25, 0.3) is 0 Å². The first-order valence-electron chi connectivity index (χ1n) is 9.38. The van der Waals surface area contributed by atoms with Crippen molar-refractivity contribution in [3.05, 3.63) is 91.2 Å². The molecule has 2 heterocycles. The number of hydrogen-bond acceptors (Lipinski definition) is 4. The predicted octanol–water partition coefficient (Wildman–Crippen LogP) is 6.68. The molecule has 12 heteroatoms. The van der Waals surface area contributed by atoms with Gasteiger partial charge in [0, 0.05) is 17.4 Å². The second-order valence-electron chi connectivity index (χ2n) is 6.81. The predicted molar refractivity (Wildman–Crippen MR) is 130 cm³/mol. The maximum atomic E-state index is 12.6. The van der Waals surface area contributed by atoms with Gasteiger partial charge in [-0.2, -0.15) is 10.2 Å². The lowest BCUT2D eigenvalue weighted by atomic mass is 10.2. The lowest BCUT2D eigenvalue weighted by Gasteiger charge is -2.08. The summed E-state index contributed by atoms with van der Waals surface area (Å²) in [5.41, 5.74) is 1.04. The Kier molecular flexibility index (Phi) is 7.36. The molecular weight excluding hydrogens is 532 g/mol. The van der Waals surface area contributed by atoms with Gasteiger partial charge in [0.15, 0.2) is 18.2 Å². The molecule has 33 heavy (non-hydrogen) atoms. The van der Waals surface area contributed by atoms with Gasteiger partial charge in [-0.15, -0.1) is 0 Å². The van der Waals surface area contributed by atoms with Crippen LogP contribution in [0.1, 0.15) is 16.1 Å². The largest absolute Gasteiger partial charge is 0.470 e. The molecule has 0 aliphatic heterocycles. The van der Waals surface area contributed by atoms with Gasteiger partial charge in [-0.25, -0.2) is 4.68 Å². The molecule has 0 radical (unpaired) electrons. The molecule has 0 unspecified atom stereocenters. The smallest absolute Gasteiger partial charge is 0.277 e. The fraction of sp³-hybridized carbons (Fsp3) is 0.0952.